The molecule has 1 aromatic carbocycles. The number of para-hydroxylation sites is 1. The Bertz CT molecular complexity index is 1150. The molecule has 0 saturated heterocycles. The number of methoxy groups -OCH3 is 1. The van der Waals surface area contributed by atoms with Gasteiger partial charge in [0.15, 0.2) is 0 Å². The molecule has 4 aromatic rings. The summed E-state index contributed by atoms with van der Waals surface area (Å²) in [5, 5.41) is 5.15. The Morgan fingerprint density at radius 3 is 2.85 bits per heavy atom. The quantitative estimate of drug-likeness (QED) is 0.406. The lowest BCUT2D eigenvalue weighted by Crippen LogP contribution is -2.01. The van der Waals surface area contributed by atoms with Gasteiger partial charge in [-0.3, -0.25) is 4.98 Å². The molecule has 0 spiro atoms. The molecule has 0 aliphatic rings. The number of fused-ring (bicyclic) bond motifs is 2. The van der Waals surface area contributed by atoms with Gasteiger partial charge in [0.1, 0.15) is 15.5 Å². The summed E-state index contributed by atoms with van der Waals surface area (Å²) >= 11 is 7.33. The third-order valence-electron chi connectivity index (χ3n) is 4.02. The number of hydrogen-bond acceptors (Lipinski definition) is 7. The Morgan fingerprint density at radius 2 is 2.04 bits per heavy atom. The van der Waals surface area contributed by atoms with E-state index < -0.39 is 5.97 Å². The first-order chi connectivity index (χ1) is 12.6. The maximum atomic E-state index is 12.0. The number of aryl methyl sites for hydroxylation is 1. The van der Waals surface area contributed by atoms with Gasteiger partial charge in [-0.1, -0.05) is 18.2 Å². The second-order valence-corrected chi connectivity index (χ2v) is 6.91. The molecule has 0 aliphatic carbocycles. The average molecular weight is 385 g/mol. The number of benzene rings is 1. The van der Waals surface area contributed by atoms with Crippen molar-refractivity contribution in [3.8, 4) is 0 Å². The zero-order valence-electron chi connectivity index (χ0n) is 13.9. The Balaban J connectivity index is 1.91. The summed E-state index contributed by atoms with van der Waals surface area (Å²) in [5.74, 6) is 0.126. The maximum absolute atomic E-state index is 12.0. The van der Waals surface area contributed by atoms with Crippen LogP contribution in [0.3, 0.4) is 0 Å². The Hall–Kier alpha value is -2.77. The van der Waals surface area contributed by atoms with Gasteiger partial charge in [0, 0.05) is 11.6 Å². The number of nitrogens with one attached hydrogen (secondary N) is 1. The van der Waals surface area contributed by atoms with Gasteiger partial charge in [-0.15, -0.1) is 11.3 Å². The molecule has 0 bridgehead atoms. The van der Waals surface area contributed by atoms with Crippen molar-refractivity contribution < 1.29 is 9.53 Å². The zero-order chi connectivity index (χ0) is 18.3. The van der Waals surface area contributed by atoms with Crippen LogP contribution in [0.5, 0.6) is 0 Å². The molecule has 6 nitrogen and oxygen atoms in total. The second-order valence-electron chi connectivity index (χ2n) is 5.57. The van der Waals surface area contributed by atoms with Crippen molar-refractivity contribution >= 4 is 61.5 Å². The van der Waals surface area contributed by atoms with Crippen molar-refractivity contribution in [1.82, 2.24) is 15.0 Å². The van der Waals surface area contributed by atoms with Crippen LogP contribution < -0.4 is 5.32 Å². The molecule has 0 fully saturated rings. The number of ether oxygens (including phenoxy) is 1. The molecule has 0 amide bonds. The number of carbonyl (C=O) groups is 1. The van der Waals surface area contributed by atoms with Gasteiger partial charge in [-0.2, -0.15) is 4.98 Å². The van der Waals surface area contributed by atoms with Crippen LogP contribution in [0.1, 0.15) is 15.2 Å². The summed E-state index contributed by atoms with van der Waals surface area (Å²) in [6.07, 6.45) is 1.74. The monoisotopic (exact) mass is 384 g/mol. The van der Waals surface area contributed by atoms with E-state index in [1.54, 1.807) is 6.20 Å². The number of pyridine rings is 1. The van der Waals surface area contributed by atoms with E-state index in [-0.39, 0.29) is 5.28 Å². The maximum Gasteiger partial charge on any atom is 0.348 e. The molecule has 3 aromatic heterocycles. The van der Waals surface area contributed by atoms with Gasteiger partial charge in [0.2, 0.25) is 5.28 Å². The minimum absolute atomic E-state index is 0.103. The number of anilines is 2. The van der Waals surface area contributed by atoms with Gasteiger partial charge >= 0.3 is 5.97 Å². The van der Waals surface area contributed by atoms with Crippen LogP contribution in [-0.2, 0) is 4.74 Å². The topological polar surface area (TPSA) is 77.0 Å². The van der Waals surface area contributed by atoms with Crippen molar-refractivity contribution in [2.75, 3.05) is 12.4 Å². The second kappa shape index (κ2) is 6.51. The lowest BCUT2D eigenvalue weighted by molar-refractivity contribution is 0.0605. The summed E-state index contributed by atoms with van der Waals surface area (Å²) in [7, 11) is 1.35. The lowest BCUT2D eigenvalue weighted by Gasteiger charge is -2.10. The highest BCUT2D eigenvalue weighted by Crippen LogP contribution is 2.36. The summed E-state index contributed by atoms with van der Waals surface area (Å²) in [4.78, 5) is 26.1. The number of esters is 1. The first kappa shape index (κ1) is 16.7. The fourth-order valence-corrected chi connectivity index (χ4v) is 4.14. The SMILES string of the molecule is COC(=O)c1sc2nc(Cl)nc(Nc3cccc4cccnc34)c2c1C. The van der Waals surface area contributed by atoms with Crippen LogP contribution in [0.2, 0.25) is 5.28 Å². The minimum atomic E-state index is -0.403. The first-order valence-electron chi connectivity index (χ1n) is 7.74. The van der Waals surface area contributed by atoms with Crippen molar-refractivity contribution in [3.63, 3.8) is 0 Å². The minimum Gasteiger partial charge on any atom is -0.465 e. The Labute approximate surface area is 157 Å². The third-order valence-corrected chi connectivity index (χ3v) is 5.35. The zero-order valence-corrected chi connectivity index (χ0v) is 15.5. The van der Waals surface area contributed by atoms with E-state index in [9.17, 15) is 4.79 Å². The largest absolute Gasteiger partial charge is 0.465 e. The van der Waals surface area contributed by atoms with Crippen LogP contribution in [0.4, 0.5) is 11.5 Å². The van der Waals surface area contributed by atoms with Crippen LogP contribution >= 0.6 is 22.9 Å². The molecule has 1 N–H and O–H groups in total. The number of aromatic nitrogens is 3. The molecular formula is C18H13ClN4O2S. The molecule has 0 atom stereocenters. The fourth-order valence-electron chi connectivity index (χ4n) is 2.82. The van der Waals surface area contributed by atoms with E-state index in [0.29, 0.717) is 15.5 Å². The fraction of sp³-hybridized carbons (Fsp3) is 0.111. The highest BCUT2D eigenvalue weighted by molar-refractivity contribution is 7.20. The predicted molar refractivity (Wildman–Crippen MR) is 104 cm³/mol. The number of hydrogen-bond donors (Lipinski definition) is 1. The number of halogens is 1. The van der Waals surface area contributed by atoms with Crippen molar-refractivity contribution in [3.05, 3.63) is 52.3 Å². The molecule has 3 heterocycles. The number of thiophene rings is 1. The third kappa shape index (κ3) is 2.75. The average Bonchev–Trinajstić information content (AvgIpc) is 2.98. The van der Waals surface area contributed by atoms with Gasteiger partial charge < -0.3 is 10.1 Å². The summed E-state index contributed by atoms with van der Waals surface area (Å²) in [5.41, 5.74) is 2.37. The molecule has 8 heteroatoms. The molecular weight excluding hydrogens is 372 g/mol. The van der Waals surface area contributed by atoms with Crippen LogP contribution in [0.15, 0.2) is 36.5 Å². The summed E-state index contributed by atoms with van der Waals surface area (Å²) in [6.45, 7) is 1.84. The molecule has 130 valence electrons. The molecule has 0 radical (unpaired) electrons. The van der Waals surface area contributed by atoms with E-state index in [2.05, 4.69) is 20.3 Å². The number of nitrogens with zero attached hydrogens (tertiary/aromatic N) is 3. The van der Waals surface area contributed by atoms with Crippen molar-refractivity contribution in [2.45, 2.75) is 6.92 Å². The van der Waals surface area contributed by atoms with E-state index >= 15 is 0 Å². The lowest BCUT2D eigenvalue weighted by atomic mass is 10.1. The van der Waals surface area contributed by atoms with E-state index in [1.165, 1.54) is 18.4 Å². The van der Waals surface area contributed by atoms with E-state index in [0.717, 1.165) is 27.5 Å². The first-order valence-corrected chi connectivity index (χ1v) is 8.93. The van der Waals surface area contributed by atoms with Gasteiger partial charge in [-0.05, 0) is 36.2 Å². The molecule has 0 unspecified atom stereocenters. The van der Waals surface area contributed by atoms with E-state index in [4.69, 9.17) is 16.3 Å². The van der Waals surface area contributed by atoms with Gasteiger partial charge in [0.25, 0.3) is 0 Å². The summed E-state index contributed by atoms with van der Waals surface area (Å²) in [6, 6.07) is 9.72. The summed E-state index contributed by atoms with van der Waals surface area (Å²) < 4.78 is 4.85. The van der Waals surface area contributed by atoms with Gasteiger partial charge in [-0.25, -0.2) is 9.78 Å². The molecule has 26 heavy (non-hydrogen) atoms. The normalized spacial score (nSPS) is 11.0. The number of carbonyl (C=O) groups excluding carboxylic acids is 1. The molecule has 4 rings (SSSR count). The standard InChI is InChI=1S/C18H13ClN4O2S/c1-9-12-15(21-11-7-3-5-10-6-4-8-20-13(10)11)22-18(19)23-16(12)26-14(9)17(24)25-2/h3-8H,1-2H3,(H,21,22,23). The highest BCUT2D eigenvalue weighted by atomic mass is 35.5. The van der Waals surface area contributed by atoms with Crippen LogP contribution in [0, 0.1) is 6.92 Å². The Morgan fingerprint density at radius 1 is 1.23 bits per heavy atom. The van der Waals surface area contributed by atoms with E-state index in [1.807, 2.05) is 37.3 Å². The van der Waals surface area contributed by atoms with Crippen LogP contribution in [-0.4, -0.2) is 28.0 Å². The molecule has 0 aliphatic heterocycles. The number of rotatable bonds is 3. The Kier molecular flexibility index (Phi) is 4.18. The van der Waals surface area contributed by atoms with Crippen LogP contribution in [0.25, 0.3) is 21.1 Å². The highest BCUT2D eigenvalue weighted by Gasteiger charge is 2.21. The van der Waals surface area contributed by atoms with Gasteiger partial charge in [0.05, 0.1) is 23.7 Å². The smallest absolute Gasteiger partial charge is 0.348 e. The molecule has 0 saturated carbocycles. The predicted octanol–water partition coefficient (Wildman–Crippen LogP) is 4.73. The van der Waals surface area contributed by atoms with Crippen molar-refractivity contribution in [1.29, 1.82) is 0 Å². The van der Waals surface area contributed by atoms with Crippen molar-refractivity contribution in [2.24, 2.45) is 0 Å².